The van der Waals surface area contributed by atoms with E-state index in [1.807, 2.05) is 6.07 Å². The molecule has 3 rings (SSSR count). The van der Waals surface area contributed by atoms with E-state index < -0.39 is 0 Å². The minimum Gasteiger partial charge on any atom is -0.481 e. The van der Waals surface area contributed by atoms with Gasteiger partial charge < -0.3 is 9.72 Å². The van der Waals surface area contributed by atoms with Crippen molar-refractivity contribution < 1.29 is 4.74 Å². The van der Waals surface area contributed by atoms with Crippen LogP contribution in [0.5, 0.6) is 5.88 Å². The van der Waals surface area contributed by atoms with Gasteiger partial charge in [0.25, 0.3) is 0 Å². The lowest BCUT2D eigenvalue weighted by Gasteiger charge is -1.99. The predicted octanol–water partition coefficient (Wildman–Crippen LogP) is 2.68. The zero-order valence-corrected chi connectivity index (χ0v) is 10.3. The second-order valence-electron chi connectivity index (χ2n) is 3.72. The van der Waals surface area contributed by atoms with E-state index in [-0.39, 0.29) is 0 Å². The van der Waals surface area contributed by atoms with Crippen LogP contribution >= 0.6 is 11.6 Å². The van der Waals surface area contributed by atoms with Crippen molar-refractivity contribution in [3.8, 4) is 17.3 Å². The number of nitrogens with one attached hydrogen (secondary N) is 1. The first-order valence-corrected chi connectivity index (χ1v) is 5.65. The molecule has 3 aromatic rings. The Hall–Kier alpha value is -2.14. The van der Waals surface area contributed by atoms with Gasteiger partial charge in [0, 0.05) is 17.6 Å². The minimum atomic E-state index is 0.455. The van der Waals surface area contributed by atoms with E-state index in [4.69, 9.17) is 16.3 Å². The van der Waals surface area contributed by atoms with Crippen molar-refractivity contribution in [3.63, 3.8) is 0 Å². The van der Waals surface area contributed by atoms with Crippen molar-refractivity contribution in [3.05, 3.63) is 35.9 Å². The molecule has 0 aromatic carbocycles. The largest absolute Gasteiger partial charge is 0.481 e. The smallest absolute Gasteiger partial charge is 0.216 e. The molecule has 0 saturated heterocycles. The van der Waals surface area contributed by atoms with Crippen LogP contribution < -0.4 is 4.74 Å². The highest BCUT2D eigenvalue weighted by atomic mass is 35.5. The lowest BCUT2D eigenvalue weighted by atomic mass is 10.3. The molecule has 0 aliphatic carbocycles. The topological polar surface area (TPSA) is 63.7 Å². The van der Waals surface area contributed by atoms with Gasteiger partial charge in [-0.1, -0.05) is 11.6 Å². The molecule has 0 aliphatic rings. The van der Waals surface area contributed by atoms with Gasteiger partial charge in [0.1, 0.15) is 11.5 Å². The number of H-pyrrole nitrogens is 1. The molecule has 0 saturated carbocycles. The Morgan fingerprint density at radius 1 is 1.17 bits per heavy atom. The van der Waals surface area contributed by atoms with E-state index in [9.17, 15) is 0 Å². The van der Waals surface area contributed by atoms with Gasteiger partial charge in [0.2, 0.25) is 5.88 Å². The van der Waals surface area contributed by atoms with Crippen molar-refractivity contribution >= 4 is 22.5 Å². The van der Waals surface area contributed by atoms with E-state index in [1.54, 1.807) is 25.4 Å². The Morgan fingerprint density at radius 2 is 2.06 bits per heavy atom. The highest BCUT2D eigenvalue weighted by molar-refractivity contribution is 6.30. The van der Waals surface area contributed by atoms with Crippen LogP contribution in [0.3, 0.4) is 0 Å². The highest BCUT2D eigenvalue weighted by Gasteiger charge is 2.07. The summed E-state index contributed by atoms with van der Waals surface area (Å²) in [7, 11) is 1.57. The fraction of sp³-hybridized carbons (Fsp3) is 0.0833. The molecule has 0 radical (unpaired) electrons. The van der Waals surface area contributed by atoms with Gasteiger partial charge in [-0.25, -0.2) is 15.0 Å². The number of fused-ring (bicyclic) bond motifs is 1. The lowest BCUT2D eigenvalue weighted by Crippen LogP contribution is -1.90. The number of methoxy groups -OCH3 is 1. The van der Waals surface area contributed by atoms with Crippen LogP contribution in [0.25, 0.3) is 22.3 Å². The van der Waals surface area contributed by atoms with Crippen LogP contribution in [0.15, 0.2) is 30.7 Å². The Morgan fingerprint density at radius 3 is 2.89 bits per heavy atom. The van der Waals surface area contributed by atoms with Crippen LogP contribution in [0.4, 0.5) is 0 Å². The van der Waals surface area contributed by atoms with Crippen molar-refractivity contribution in [2.24, 2.45) is 0 Å². The summed E-state index contributed by atoms with van der Waals surface area (Å²) in [6.07, 6.45) is 3.18. The van der Waals surface area contributed by atoms with E-state index in [2.05, 4.69) is 19.9 Å². The predicted molar refractivity (Wildman–Crippen MR) is 68.7 cm³/mol. The van der Waals surface area contributed by atoms with Crippen LogP contribution in [-0.2, 0) is 0 Å². The zero-order chi connectivity index (χ0) is 12.5. The molecule has 18 heavy (non-hydrogen) atoms. The van der Waals surface area contributed by atoms with Gasteiger partial charge in [-0.3, -0.25) is 0 Å². The number of halogens is 1. The van der Waals surface area contributed by atoms with E-state index >= 15 is 0 Å². The second kappa shape index (κ2) is 4.27. The van der Waals surface area contributed by atoms with Crippen molar-refractivity contribution in [1.82, 2.24) is 19.9 Å². The van der Waals surface area contributed by atoms with Gasteiger partial charge in [-0.15, -0.1) is 0 Å². The van der Waals surface area contributed by atoms with Gasteiger partial charge in [0.15, 0.2) is 0 Å². The quantitative estimate of drug-likeness (QED) is 0.720. The third kappa shape index (κ3) is 1.89. The van der Waals surface area contributed by atoms with Gasteiger partial charge in [-0.05, 0) is 12.1 Å². The molecule has 6 heteroatoms. The Kier molecular flexibility index (Phi) is 2.60. The monoisotopic (exact) mass is 260 g/mol. The normalized spacial score (nSPS) is 10.8. The zero-order valence-electron chi connectivity index (χ0n) is 9.51. The van der Waals surface area contributed by atoms with Crippen LogP contribution in [0.2, 0.25) is 5.15 Å². The molecule has 5 nitrogen and oxygen atoms in total. The summed E-state index contributed by atoms with van der Waals surface area (Å²) in [6, 6.07) is 5.50. The number of pyridine rings is 1. The fourth-order valence-electron chi connectivity index (χ4n) is 1.74. The number of rotatable bonds is 2. The van der Waals surface area contributed by atoms with E-state index in [1.165, 1.54) is 6.33 Å². The molecule has 0 fully saturated rings. The molecule has 0 amide bonds. The number of ether oxygens (including phenoxy) is 1. The summed E-state index contributed by atoms with van der Waals surface area (Å²) in [5.41, 5.74) is 2.55. The van der Waals surface area contributed by atoms with Crippen molar-refractivity contribution in [2.45, 2.75) is 0 Å². The van der Waals surface area contributed by atoms with Crippen LogP contribution in [0.1, 0.15) is 0 Å². The number of hydrogen-bond donors (Lipinski definition) is 1. The summed E-state index contributed by atoms with van der Waals surface area (Å²) < 4.78 is 5.07. The van der Waals surface area contributed by atoms with Gasteiger partial charge in [-0.2, -0.15) is 0 Å². The summed E-state index contributed by atoms with van der Waals surface area (Å²) in [5, 5.41) is 1.43. The molecule has 90 valence electrons. The molecule has 0 unspecified atom stereocenters. The van der Waals surface area contributed by atoms with Crippen LogP contribution in [-0.4, -0.2) is 27.0 Å². The number of hydrogen-bond acceptors (Lipinski definition) is 4. The molecule has 1 N–H and O–H groups in total. The van der Waals surface area contributed by atoms with Crippen LogP contribution in [0, 0.1) is 0 Å². The molecular formula is C12H9ClN4O. The molecule has 0 bridgehead atoms. The van der Waals surface area contributed by atoms with Crippen molar-refractivity contribution in [2.75, 3.05) is 7.11 Å². The molecule has 0 spiro atoms. The van der Waals surface area contributed by atoms with Crippen molar-refractivity contribution in [1.29, 1.82) is 0 Å². The maximum atomic E-state index is 5.84. The molecule has 3 aromatic heterocycles. The summed E-state index contributed by atoms with van der Waals surface area (Å²) >= 11 is 5.84. The van der Waals surface area contributed by atoms with Gasteiger partial charge in [0.05, 0.1) is 24.0 Å². The van der Waals surface area contributed by atoms with E-state index in [0.29, 0.717) is 11.0 Å². The highest BCUT2D eigenvalue weighted by Crippen LogP contribution is 2.24. The molecule has 3 heterocycles. The second-order valence-corrected chi connectivity index (χ2v) is 4.11. The Labute approximate surface area is 108 Å². The first-order valence-electron chi connectivity index (χ1n) is 5.27. The summed E-state index contributed by atoms with van der Waals surface area (Å²) in [5.74, 6) is 0.523. The standard InChI is InChI=1S/C12H9ClN4O/c1-18-12-4-9(15-6-16-12)10-2-7-5-14-11(13)3-8(7)17-10/h2-6,17H,1H3. The van der Waals surface area contributed by atoms with E-state index in [0.717, 1.165) is 22.3 Å². The summed E-state index contributed by atoms with van der Waals surface area (Å²) in [4.78, 5) is 15.4. The summed E-state index contributed by atoms with van der Waals surface area (Å²) in [6.45, 7) is 0. The maximum absolute atomic E-state index is 5.84. The van der Waals surface area contributed by atoms with Gasteiger partial charge >= 0.3 is 0 Å². The molecule has 0 aliphatic heterocycles. The minimum absolute atomic E-state index is 0.455. The first kappa shape index (κ1) is 11.0. The third-order valence-electron chi connectivity index (χ3n) is 2.60. The SMILES string of the molecule is COc1cc(-c2cc3cnc(Cl)cc3[nH]2)ncn1. The first-order chi connectivity index (χ1) is 8.76. The number of aromatic nitrogens is 4. The molecule has 0 atom stereocenters. The average molecular weight is 261 g/mol. The third-order valence-corrected chi connectivity index (χ3v) is 2.80. The molecular weight excluding hydrogens is 252 g/mol. The lowest BCUT2D eigenvalue weighted by molar-refractivity contribution is 0.397. The Bertz CT molecular complexity index is 710. The maximum Gasteiger partial charge on any atom is 0.216 e. The average Bonchev–Trinajstić information content (AvgIpc) is 2.81. The fourth-order valence-corrected chi connectivity index (χ4v) is 1.89. The number of aromatic amines is 1. The Balaban J connectivity index is 2.13. The number of nitrogens with zero attached hydrogens (tertiary/aromatic N) is 3.